The van der Waals surface area contributed by atoms with Crippen molar-refractivity contribution < 1.29 is 18.3 Å². The molecule has 0 aliphatic rings. The molecule has 0 unspecified atom stereocenters. The minimum Gasteiger partial charge on any atom is -0.480 e. The summed E-state index contributed by atoms with van der Waals surface area (Å²) in [4.78, 5) is 9.99. The maximum Gasteiger partial charge on any atom is 0.318 e. The van der Waals surface area contributed by atoms with Gasteiger partial charge in [0.05, 0.1) is 5.75 Å². The highest BCUT2D eigenvalue weighted by Gasteiger charge is 2.14. The second-order valence-corrected chi connectivity index (χ2v) is 5.15. The molecule has 4 nitrogen and oxygen atoms in total. The molecule has 0 aliphatic heterocycles. The second-order valence-electron chi connectivity index (χ2n) is 1.98. The minimum absolute atomic E-state index is 0.0551. The largest absolute Gasteiger partial charge is 0.480 e. The van der Waals surface area contributed by atoms with Crippen molar-refractivity contribution in [2.24, 2.45) is 0 Å². The predicted molar refractivity (Wildman–Crippen MR) is 44.7 cm³/mol. The van der Waals surface area contributed by atoms with E-state index < -0.39 is 21.6 Å². The Hall–Kier alpha value is -0.230. The number of carboxylic acids is 1. The fraction of sp³-hybridized carbons (Fsp3) is 0.800. The lowest BCUT2D eigenvalue weighted by molar-refractivity contribution is -0.134. The molecule has 66 valence electrons. The van der Waals surface area contributed by atoms with Crippen molar-refractivity contribution in [2.75, 3.05) is 23.5 Å². The quantitative estimate of drug-likeness (QED) is 0.665. The van der Waals surface area contributed by atoms with Gasteiger partial charge in [0, 0.05) is 5.75 Å². The Morgan fingerprint density at radius 1 is 1.55 bits per heavy atom. The van der Waals surface area contributed by atoms with Gasteiger partial charge in [-0.15, -0.1) is 0 Å². The molecule has 0 aromatic heterocycles. The van der Waals surface area contributed by atoms with Crippen LogP contribution in [0.4, 0.5) is 0 Å². The van der Waals surface area contributed by atoms with E-state index in [4.69, 9.17) is 5.11 Å². The van der Waals surface area contributed by atoms with Crippen molar-refractivity contribution in [3.63, 3.8) is 0 Å². The zero-order valence-corrected chi connectivity index (χ0v) is 7.74. The van der Waals surface area contributed by atoms with E-state index in [1.165, 1.54) is 11.8 Å². The standard InChI is InChI=1S/C5H10O4S2/c1-10-2-3-11(8,9)4-5(6)7/h2-4H2,1H3,(H,6,7). The average Bonchev–Trinajstić information content (AvgIpc) is 1.81. The van der Waals surface area contributed by atoms with Crippen LogP contribution in [0.15, 0.2) is 0 Å². The van der Waals surface area contributed by atoms with E-state index in [9.17, 15) is 13.2 Å². The van der Waals surface area contributed by atoms with E-state index in [2.05, 4.69) is 0 Å². The Balaban J connectivity index is 3.92. The van der Waals surface area contributed by atoms with Crippen molar-refractivity contribution >= 4 is 27.6 Å². The number of rotatable bonds is 5. The molecule has 0 spiro atoms. The third-order valence-corrected chi connectivity index (χ3v) is 3.33. The third kappa shape index (κ3) is 6.18. The number of sulfone groups is 1. The lowest BCUT2D eigenvalue weighted by Gasteiger charge is -1.97. The molecule has 0 atom stereocenters. The van der Waals surface area contributed by atoms with Crippen LogP contribution >= 0.6 is 11.8 Å². The Labute approximate surface area is 69.9 Å². The Morgan fingerprint density at radius 3 is 2.45 bits per heavy atom. The lowest BCUT2D eigenvalue weighted by Crippen LogP contribution is -2.19. The number of carboxylic acid groups (broad SMARTS) is 1. The molecule has 0 rings (SSSR count). The van der Waals surface area contributed by atoms with E-state index in [0.717, 1.165) is 0 Å². The number of thioether (sulfide) groups is 1. The predicted octanol–water partition coefficient (Wildman–Crippen LogP) is -0.151. The highest BCUT2D eigenvalue weighted by Crippen LogP contribution is 1.97. The van der Waals surface area contributed by atoms with E-state index >= 15 is 0 Å². The molecular formula is C5H10O4S2. The van der Waals surface area contributed by atoms with Gasteiger partial charge in [-0.1, -0.05) is 0 Å². The molecule has 0 aromatic rings. The maximum absolute atomic E-state index is 10.8. The van der Waals surface area contributed by atoms with Gasteiger partial charge in [-0.3, -0.25) is 4.79 Å². The molecule has 1 N–H and O–H groups in total. The van der Waals surface area contributed by atoms with Crippen LogP contribution in [-0.4, -0.2) is 43.0 Å². The van der Waals surface area contributed by atoms with E-state index in [0.29, 0.717) is 5.75 Å². The zero-order chi connectivity index (χ0) is 8.91. The molecule has 0 heterocycles. The molecule has 0 aliphatic carbocycles. The molecular weight excluding hydrogens is 188 g/mol. The van der Waals surface area contributed by atoms with Gasteiger partial charge in [-0.05, 0) is 6.26 Å². The Morgan fingerprint density at radius 2 is 2.09 bits per heavy atom. The molecule has 11 heavy (non-hydrogen) atoms. The van der Waals surface area contributed by atoms with Gasteiger partial charge >= 0.3 is 5.97 Å². The fourth-order valence-corrected chi connectivity index (χ4v) is 2.67. The highest BCUT2D eigenvalue weighted by atomic mass is 32.2. The summed E-state index contributed by atoms with van der Waals surface area (Å²) in [6.45, 7) is 0. The molecule has 0 fully saturated rings. The van der Waals surface area contributed by atoms with Gasteiger partial charge in [0.25, 0.3) is 0 Å². The first-order valence-electron chi connectivity index (χ1n) is 2.89. The van der Waals surface area contributed by atoms with Crippen molar-refractivity contribution in [3.8, 4) is 0 Å². The first-order chi connectivity index (χ1) is 4.98. The van der Waals surface area contributed by atoms with Crippen LogP contribution in [-0.2, 0) is 14.6 Å². The average molecular weight is 198 g/mol. The molecule has 0 amide bonds. The summed E-state index contributed by atoms with van der Waals surface area (Å²) in [6, 6.07) is 0. The summed E-state index contributed by atoms with van der Waals surface area (Å²) in [5.74, 6) is -1.64. The van der Waals surface area contributed by atoms with Gasteiger partial charge in [-0.25, -0.2) is 8.42 Å². The summed E-state index contributed by atoms with van der Waals surface area (Å²) >= 11 is 1.38. The maximum atomic E-state index is 10.8. The Kier molecular flexibility index (Phi) is 4.51. The fourth-order valence-electron chi connectivity index (χ4n) is 0.471. The van der Waals surface area contributed by atoms with Crippen LogP contribution in [0.3, 0.4) is 0 Å². The summed E-state index contributed by atoms with van der Waals surface area (Å²) in [6.07, 6.45) is 1.77. The number of aliphatic carboxylic acids is 1. The molecule has 6 heteroatoms. The molecule has 0 bridgehead atoms. The van der Waals surface area contributed by atoms with Crippen LogP contribution in [0.1, 0.15) is 0 Å². The van der Waals surface area contributed by atoms with Crippen molar-refractivity contribution in [2.45, 2.75) is 0 Å². The van der Waals surface area contributed by atoms with Crippen LogP contribution < -0.4 is 0 Å². The van der Waals surface area contributed by atoms with Crippen LogP contribution in [0.2, 0.25) is 0 Å². The molecule has 0 saturated heterocycles. The monoisotopic (exact) mass is 198 g/mol. The summed E-state index contributed by atoms with van der Waals surface area (Å²) in [5.41, 5.74) is 0. The van der Waals surface area contributed by atoms with Crippen LogP contribution in [0.25, 0.3) is 0 Å². The normalized spacial score (nSPS) is 11.4. The molecule has 0 aromatic carbocycles. The van der Waals surface area contributed by atoms with Crippen LogP contribution in [0, 0.1) is 0 Å². The first kappa shape index (κ1) is 10.8. The van der Waals surface area contributed by atoms with Crippen molar-refractivity contribution in [1.29, 1.82) is 0 Å². The smallest absolute Gasteiger partial charge is 0.318 e. The van der Waals surface area contributed by atoms with Gasteiger partial charge in [0.1, 0.15) is 5.75 Å². The number of hydrogen-bond donors (Lipinski definition) is 1. The third-order valence-electron chi connectivity index (χ3n) is 0.942. The zero-order valence-electron chi connectivity index (χ0n) is 6.11. The summed E-state index contributed by atoms with van der Waals surface area (Å²) in [7, 11) is -3.36. The number of carbonyl (C=O) groups is 1. The van der Waals surface area contributed by atoms with Gasteiger partial charge in [-0.2, -0.15) is 11.8 Å². The first-order valence-corrected chi connectivity index (χ1v) is 6.10. The van der Waals surface area contributed by atoms with Gasteiger partial charge in [0.15, 0.2) is 9.84 Å². The number of hydrogen-bond acceptors (Lipinski definition) is 4. The van der Waals surface area contributed by atoms with Crippen molar-refractivity contribution in [3.05, 3.63) is 0 Å². The van der Waals surface area contributed by atoms with Crippen molar-refractivity contribution in [1.82, 2.24) is 0 Å². The summed E-state index contributed by atoms with van der Waals surface area (Å²) in [5, 5.41) is 8.16. The topological polar surface area (TPSA) is 71.4 Å². The second kappa shape index (κ2) is 4.61. The van der Waals surface area contributed by atoms with E-state index in [1.807, 2.05) is 0 Å². The van der Waals surface area contributed by atoms with E-state index in [-0.39, 0.29) is 5.75 Å². The minimum atomic E-state index is -3.36. The van der Waals surface area contributed by atoms with E-state index in [1.54, 1.807) is 6.26 Å². The SMILES string of the molecule is CSCCS(=O)(=O)CC(=O)O. The molecule has 0 radical (unpaired) electrons. The lowest BCUT2D eigenvalue weighted by atomic mass is 10.8. The Bertz CT molecular complexity index is 219. The van der Waals surface area contributed by atoms with Crippen LogP contribution in [0.5, 0.6) is 0 Å². The van der Waals surface area contributed by atoms with Gasteiger partial charge < -0.3 is 5.11 Å². The summed E-state index contributed by atoms with van der Waals surface area (Å²) < 4.78 is 21.6. The highest BCUT2D eigenvalue weighted by molar-refractivity contribution is 8.00. The van der Waals surface area contributed by atoms with Gasteiger partial charge in [0.2, 0.25) is 0 Å². The molecule has 0 saturated carbocycles.